The largest absolute Gasteiger partial charge is 0.277 e. The van der Waals surface area contributed by atoms with E-state index in [0.29, 0.717) is 11.6 Å². The number of rotatable bonds is 4. The van der Waals surface area contributed by atoms with E-state index in [1.165, 1.54) is 6.07 Å². The number of hydrogen-bond acceptors (Lipinski definition) is 3. The minimum Gasteiger partial charge on any atom is -0.277 e. The molecule has 0 radical (unpaired) electrons. The lowest BCUT2D eigenvalue weighted by molar-refractivity contribution is 0.584. The molecule has 0 aliphatic rings. The first-order chi connectivity index (χ1) is 12.8. The van der Waals surface area contributed by atoms with Gasteiger partial charge in [0.05, 0.1) is 16.1 Å². The van der Waals surface area contributed by atoms with Gasteiger partial charge in [0.15, 0.2) is 0 Å². The molecule has 0 heterocycles. The van der Waals surface area contributed by atoms with Gasteiger partial charge in [0.1, 0.15) is 23.5 Å². The molecule has 0 saturated carbocycles. The molecule has 0 unspecified atom stereocenters. The third kappa shape index (κ3) is 3.78. The molecule has 0 aliphatic carbocycles. The fourth-order valence-corrected chi connectivity index (χ4v) is 3.51. The summed E-state index contributed by atoms with van der Waals surface area (Å²) < 4.78 is 68.6. The van der Waals surface area contributed by atoms with E-state index in [-0.39, 0.29) is 5.56 Å². The van der Waals surface area contributed by atoms with Gasteiger partial charge in [0.2, 0.25) is 0 Å². The average Bonchev–Trinajstić information content (AvgIpc) is 2.64. The standard InChI is InChI=1S/C19H11F3N2O2S/c20-16-7-6-14(8-13(16)11-23)27(25,26)24-19-9-15(17(21)10-18(19)22)12-4-2-1-3-5-12/h1-10,24H. The lowest BCUT2D eigenvalue weighted by atomic mass is 10.0. The minimum atomic E-state index is -4.33. The minimum absolute atomic E-state index is 0.00604. The summed E-state index contributed by atoms with van der Waals surface area (Å²) in [6.07, 6.45) is 0. The number of nitrogens with one attached hydrogen (secondary N) is 1. The van der Waals surface area contributed by atoms with Crippen molar-refractivity contribution in [1.82, 2.24) is 0 Å². The maximum absolute atomic E-state index is 14.1. The second-order valence-corrected chi connectivity index (χ2v) is 7.22. The first-order valence-electron chi connectivity index (χ1n) is 7.59. The zero-order chi connectivity index (χ0) is 19.6. The van der Waals surface area contributed by atoms with Gasteiger partial charge in [-0.2, -0.15) is 5.26 Å². The van der Waals surface area contributed by atoms with E-state index in [9.17, 15) is 21.6 Å². The summed E-state index contributed by atoms with van der Waals surface area (Å²) in [6, 6.07) is 13.9. The molecule has 3 aromatic carbocycles. The van der Waals surface area contributed by atoms with Gasteiger partial charge < -0.3 is 0 Å². The molecule has 0 amide bonds. The molecule has 0 bridgehead atoms. The maximum Gasteiger partial charge on any atom is 0.262 e. The van der Waals surface area contributed by atoms with E-state index >= 15 is 0 Å². The van der Waals surface area contributed by atoms with Crippen molar-refractivity contribution in [3.05, 3.63) is 83.7 Å². The van der Waals surface area contributed by atoms with E-state index in [1.807, 2.05) is 4.72 Å². The van der Waals surface area contributed by atoms with Crippen LogP contribution in [0.4, 0.5) is 18.9 Å². The second-order valence-electron chi connectivity index (χ2n) is 5.54. The van der Waals surface area contributed by atoms with Crippen molar-refractivity contribution in [1.29, 1.82) is 5.26 Å². The van der Waals surface area contributed by atoms with E-state index in [0.717, 1.165) is 24.3 Å². The van der Waals surface area contributed by atoms with Crippen LogP contribution in [0.2, 0.25) is 0 Å². The van der Waals surface area contributed by atoms with Crippen molar-refractivity contribution in [3.8, 4) is 17.2 Å². The Labute approximate surface area is 153 Å². The predicted octanol–water partition coefficient (Wildman–Crippen LogP) is 4.44. The highest BCUT2D eigenvalue weighted by atomic mass is 32.2. The number of sulfonamides is 1. The number of anilines is 1. The predicted molar refractivity (Wildman–Crippen MR) is 93.7 cm³/mol. The molecule has 1 N–H and O–H groups in total. The van der Waals surface area contributed by atoms with Crippen molar-refractivity contribution in [2.24, 2.45) is 0 Å². The normalized spacial score (nSPS) is 11.0. The fraction of sp³-hybridized carbons (Fsp3) is 0. The van der Waals surface area contributed by atoms with Crippen LogP contribution < -0.4 is 4.72 Å². The third-order valence-corrected chi connectivity index (χ3v) is 5.12. The molecule has 136 valence electrons. The Hall–Kier alpha value is -3.31. The highest BCUT2D eigenvalue weighted by molar-refractivity contribution is 7.92. The van der Waals surface area contributed by atoms with Crippen molar-refractivity contribution in [3.63, 3.8) is 0 Å². The van der Waals surface area contributed by atoms with E-state index in [1.54, 1.807) is 30.3 Å². The molecule has 0 aromatic heterocycles. The second kappa shape index (κ2) is 7.13. The first kappa shape index (κ1) is 18.5. The molecular weight excluding hydrogens is 377 g/mol. The van der Waals surface area contributed by atoms with Gasteiger partial charge in [-0.25, -0.2) is 21.6 Å². The third-order valence-electron chi connectivity index (χ3n) is 3.75. The monoisotopic (exact) mass is 388 g/mol. The summed E-state index contributed by atoms with van der Waals surface area (Å²) in [5.41, 5.74) is -0.504. The molecule has 0 saturated heterocycles. The molecular formula is C19H11F3N2O2S. The van der Waals surface area contributed by atoms with Crippen molar-refractivity contribution < 1.29 is 21.6 Å². The first-order valence-corrected chi connectivity index (χ1v) is 9.07. The van der Waals surface area contributed by atoms with E-state index in [2.05, 4.69) is 0 Å². The quantitative estimate of drug-likeness (QED) is 0.718. The molecule has 0 aliphatic heterocycles. The van der Waals surface area contributed by atoms with Crippen molar-refractivity contribution >= 4 is 15.7 Å². The Bertz CT molecular complexity index is 1160. The lowest BCUT2D eigenvalue weighted by Gasteiger charge is -2.12. The van der Waals surface area contributed by atoms with Crippen LogP contribution in [0.25, 0.3) is 11.1 Å². The molecule has 3 aromatic rings. The Morgan fingerprint density at radius 1 is 0.852 bits per heavy atom. The summed E-state index contributed by atoms with van der Waals surface area (Å²) in [4.78, 5) is -0.426. The number of nitriles is 1. The zero-order valence-electron chi connectivity index (χ0n) is 13.6. The van der Waals surface area contributed by atoms with Crippen LogP contribution in [-0.2, 0) is 10.0 Å². The van der Waals surface area contributed by atoms with Crippen LogP contribution in [0, 0.1) is 28.8 Å². The number of halogens is 3. The van der Waals surface area contributed by atoms with E-state index < -0.39 is 43.6 Å². The highest BCUT2D eigenvalue weighted by Gasteiger charge is 2.20. The van der Waals surface area contributed by atoms with Gasteiger partial charge >= 0.3 is 0 Å². The van der Waals surface area contributed by atoms with Crippen molar-refractivity contribution in [2.45, 2.75) is 4.90 Å². The summed E-state index contributed by atoms with van der Waals surface area (Å²) in [5.74, 6) is -2.84. The summed E-state index contributed by atoms with van der Waals surface area (Å²) in [7, 11) is -4.33. The Morgan fingerprint density at radius 2 is 1.56 bits per heavy atom. The molecule has 3 rings (SSSR count). The van der Waals surface area contributed by atoms with Crippen LogP contribution in [0.15, 0.2) is 65.6 Å². The molecule has 0 atom stereocenters. The van der Waals surface area contributed by atoms with Gasteiger partial charge in [0, 0.05) is 11.6 Å². The molecule has 0 fully saturated rings. The molecule has 0 spiro atoms. The lowest BCUT2D eigenvalue weighted by Crippen LogP contribution is -2.14. The van der Waals surface area contributed by atoms with Gasteiger partial charge in [-0.15, -0.1) is 0 Å². The number of nitrogens with zero attached hydrogens (tertiary/aromatic N) is 1. The Kier molecular flexibility index (Phi) is 4.88. The van der Waals surface area contributed by atoms with Gasteiger partial charge in [-0.05, 0) is 29.8 Å². The summed E-state index contributed by atoms with van der Waals surface area (Å²) in [5, 5.41) is 8.83. The molecule has 8 heteroatoms. The maximum atomic E-state index is 14.1. The smallest absolute Gasteiger partial charge is 0.262 e. The van der Waals surface area contributed by atoms with Crippen LogP contribution in [-0.4, -0.2) is 8.42 Å². The Balaban J connectivity index is 2.04. The van der Waals surface area contributed by atoms with Crippen LogP contribution >= 0.6 is 0 Å². The molecule has 4 nitrogen and oxygen atoms in total. The average molecular weight is 388 g/mol. The van der Waals surface area contributed by atoms with Gasteiger partial charge in [-0.1, -0.05) is 30.3 Å². The summed E-state index contributed by atoms with van der Waals surface area (Å²) >= 11 is 0. The van der Waals surface area contributed by atoms with Crippen LogP contribution in [0.1, 0.15) is 5.56 Å². The summed E-state index contributed by atoms with van der Waals surface area (Å²) in [6.45, 7) is 0. The Morgan fingerprint density at radius 3 is 2.22 bits per heavy atom. The van der Waals surface area contributed by atoms with E-state index in [4.69, 9.17) is 5.26 Å². The fourth-order valence-electron chi connectivity index (χ4n) is 2.43. The highest BCUT2D eigenvalue weighted by Crippen LogP contribution is 2.29. The van der Waals surface area contributed by atoms with Crippen LogP contribution in [0.3, 0.4) is 0 Å². The zero-order valence-corrected chi connectivity index (χ0v) is 14.4. The van der Waals surface area contributed by atoms with Gasteiger partial charge in [0.25, 0.3) is 10.0 Å². The van der Waals surface area contributed by atoms with Crippen LogP contribution in [0.5, 0.6) is 0 Å². The van der Waals surface area contributed by atoms with Crippen molar-refractivity contribution in [2.75, 3.05) is 4.72 Å². The molecule has 27 heavy (non-hydrogen) atoms. The topological polar surface area (TPSA) is 70.0 Å². The van der Waals surface area contributed by atoms with Gasteiger partial charge in [-0.3, -0.25) is 4.72 Å². The SMILES string of the molecule is N#Cc1cc(S(=O)(=O)Nc2cc(-c3ccccc3)c(F)cc2F)ccc1F. The number of benzene rings is 3. The number of hydrogen-bond donors (Lipinski definition) is 1.